The van der Waals surface area contributed by atoms with Gasteiger partial charge in [0, 0.05) is 24.3 Å². The molecule has 0 atom stereocenters. The van der Waals surface area contributed by atoms with E-state index in [0.29, 0.717) is 5.71 Å². The second-order valence-corrected chi connectivity index (χ2v) is 5.18. The van der Waals surface area contributed by atoms with Gasteiger partial charge in [0.1, 0.15) is 0 Å². The van der Waals surface area contributed by atoms with Crippen LogP contribution in [0, 0.1) is 0 Å². The van der Waals surface area contributed by atoms with Crippen molar-refractivity contribution in [2.45, 2.75) is 20.0 Å². The molecule has 2 N–H and O–H groups in total. The van der Waals surface area contributed by atoms with Gasteiger partial charge in [-0.25, -0.2) is 10.9 Å². The van der Waals surface area contributed by atoms with Crippen LogP contribution < -0.4 is 32.4 Å². The molecule has 0 aliphatic carbocycles. The SMILES string of the molecule is CC(/C=N/NC(=O)C[n+]1ccccc1)=N/NC(=O)C[n+]1ccccc1.[Cl-]. The lowest BCUT2D eigenvalue weighted by atomic mass is 10.4. The normalized spacial score (nSPS) is 10.9. The Morgan fingerprint density at radius 1 is 0.846 bits per heavy atom. The fourth-order valence-corrected chi connectivity index (χ4v) is 1.86. The van der Waals surface area contributed by atoms with Gasteiger partial charge >= 0.3 is 11.8 Å². The van der Waals surface area contributed by atoms with Crippen molar-refractivity contribution in [2.75, 3.05) is 0 Å². The molecule has 2 rings (SSSR count). The number of rotatable bonds is 7. The molecule has 0 aliphatic rings. The lowest BCUT2D eigenvalue weighted by molar-refractivity contribution is -0.684. The number of amides is 2. The van der Waals surface area contributed by atoms with E-state index >= 15 is 0 Å². The van der Waals surface area contributed by atoms with E-state index in [1.807, 2.05) is 36.4 Å². The Morgan fingerprint density at radius 3 is 1.81 bits per heavy atom. The number of nitrogens with zero attached hydrogens (tertiary/aromatic N) is 4. The van der Waals surface area contributed by atoms with Crippen LogP contribution in [0.3, 0.4) is 0 Å². The van der Waals surface area contributed by atoms with Gasteiger partial charge in [0.05, 0.1) is 11.9 Å². The number of aromatic nitrogens is 2. The highest BCUT2D eigenvalue weighted by Crippen LogP contribution is 1.79. The van der Waals surface area contributed by atoms with E-state index in [1.54, 1.807) is 40.8 Å². The number of hydrogen-bond acceptors (Lipinski definition) is 4. The van der Waals surface area contributed by atoms with Gasteiger partial charge in [0.2, 0.25) is 13.1 Å². The second kappa shape index (κ2) is 11.4. The Hall–Kier alpha value is -3.13. The van der Waals surface area contributed by atoms with Gasteiger partial charge in [-0.05, 0) is 6.92 Å². The van der Waals surface area contributed by atoms with Crippen molar-refractivity contribution in [1.29, 1.82) is 0 Å². The number of carbonyl (C=O) groups is 2. The van der Waals surface area contributed by atoms with Gasteiger partial charge < -0.3 is 12.4 Å². The molecule has 2 aromatic heterocycles. The van der Waals surface area contributed by atoms with Crippen molar-refractivity contribution < 1.29 is 31.1 Å². The van der Waals surface area contributed by atoms with Crippen LogP contribution in [0.15, 0.2) is 71.4 Å². The van der Waals surface area contributed by atoms with E-state index in [9.17, 15) is 9.59 Å². The summed E-state index contributed by atoms with van der Waals surface area (Å²) < 4.78 is 3.46. The molecule has 8 nitrogen and oxygen atoms in total. The molecule has 0 saturated carbocycles. The quantitative estimate of drug-likeness (QED) is 0.299. The van der Waals surface area contributed by atoms with Crippen LogP contribution in [-0.4, -0.2) is 23.7 Å². The molecule has 0 aliphatic heterocycles. The average Bonchev–Trinajstić information content (AvgIpc) is 2.62. The molecular weight excluding hydrogens is 356 g/mol. The Balaban J connectivity index is 0.00000338. The van der Waals surface area contributed by atoms with E-state index < -0.39 is 0 Å². The number of halogens is 1. The first-order chi connectivity index (χ1) is 12.1. The minimum atomic E-state index is -0.259. The maximum atomic E-state index is 11.7. The van der Waals surface area contributed by atoms with Crippen LogP contribution in [0.5, 0.6) is 0 Å². The van der Waals surface area contributed by atoms with Crippen LogP contribution in [0.2, 0.25) is 0 Å². The highest BCUT2D eigenvalue weighted by atomic mass is 35.5. The first-order valence-corrected chi connectivity index (χ1v) is 7.66. The topological polar surface area (TPSA) is 90.7 Å². The number of hydrazone groups is 2. The van der Waals surface area contributed by atoms with Crippen molar-refractivity contribution in [2.24, 2.45) is 10.2 Å². The molecule has 2 aromatic rings. The molecule has 0 radical (unpaired) electrons. The van der Waals surface area contributed by atoms with E-state index in [1.165, 1.54) is 6.21 Å². The number of carbonyl (C=O) groups excluding carboxylic acids is 2. The summed E-state index contributed by atoms with van der Waals surface area (Å²) in [6.45, 7) is 2.00. The molecule has 0 saturated heterocycles. The fourth-order valence-electron chi connectivity index (χ4n) is 1.86. The standard InChI is InChI=1S/C17H18N6O2.ClH/c1-15(19-21-17(25)14-23-10-6-3-7-11-23)12-18-20-16(24)13-22-8-4-2-5-9-22;/h2-12H,13-14H2,1H3;1H/p+1. The summed E-state index contributed by atoms with van der Waals surface area (Å²) in [6.07, 6.45) is 8.52. The summed E-state index contributed by atoms with van der Waals surface area (Å²) in [4.78, 5) is 23.5. The predicted octanol–water partition coefficient (Wildman–Crippen LogP) is -3.44. The average molecular weight is 376 g/mol. The lowest BCUT2D eigenvalue weighted by Crippen LogP contribution is -3.00. The predicted molar refractivity (Wildman–Crippen MR) is 91.2 cm³/mol. The second-order valence-electron chi connectivity index (χ2n) is 5.18. The highest BCUT2D eigenvalue weighted by molar-refractivity contribution is 6.29. The summed E-state index contributed by atoms with van der Waals surface area (Å²) in [5.41, 5.74) is 5.29. The van der Waals surface area contributed by atoms with Crippen LogP contribution in [0.1, 0.15) is 6.92 Å². The minimum Gasteiger partial charge on any atom is -1.00 e. The first-order valence-electron chi connectivity index (χ1n) is 7.66. The third kappa shape index (κ3) is 8.11. The van der Waals surface area contributed by atoms with Crippen LogP contribution in [-0.2, 0) is 22.7 Å². The van der Waals surface area contributed by atoms with Gasteiger partial charge in [-0.3, -0.25) is 9.59 Å². The van der Waals surface area contributed by atoms with Crippen molar-refractivity contribution in [1.82, 2.24) is 10.9 Å². The van der Waals surface area contributed by atoms with Crippen molar-refractivity contribution in [3.05, 3.63) is 61.2 Å². The Bertz CT molecular complexity index is 765. The van der Waals surface area contributed by atoms with E-state index in [4.69, 9.17) is 0 Å². The third-order valence-corrected chi connectivity index (χ3v) is 3.00. The summed E-state index contributed by atoms with van der Waals surface area (Å²) in [5.74, 6) is -0.516. The van der Waals surface area contributed by atoms with E-state index in [2.05, 4.69) is 21.1 Å². The zero-order chi connectivity index (χ0) is 17.9. The molecule has 136 valence electrons. The molecule has 2 heterocycles. The zero-order valence-electron chi connectivity index (χ0n) is 14.2. The van der Waals surface area contributed by atoms with Crippen LogP contribution >= 0.6 is 0 Å². The van der Waals surface area contributed by atoms with Crippen LogP contribution in [0.4, 0.5) is 0 Å². The van der Waals surface area contributed by atoms with E-state index in [-0.39, 0.29) is 37.3 Å². The molecule has 0 bridgehead atoms. The summed E-state index contributed by atoms with van der Waals surface area (Å²) in [5, 5.41) is 7.70. The molecule has 2 amide bonds. The maximum Gasteiger partial charge on any atom is 0.305 e. The summed E-state index contributed by atoms with van der Waals surface area (Å²) in [7, 11) is 0. The zero-order valence-corrected chi connectivity index (χ0v) is 15.0. The molecule has 0 fully saturated rings. The Morgan fingerprint density at radius 2 is 1.31 bits per heavy atom. The maximum absolute atomic E-state index is 11.7. The molecule has 0 spiro atoms. The van der Waals surface area contributed by atoms with Gasteiger partial charge in [0.15, 0.2) is 24.8 Å². The molecule has 0 unspecified atom stereocenters. The number of hydrogen-bond donors (Lipinski definition) is 2. The van der Waals surface area contributed by atoms with Crippen molar-refractivity contribution >= 4 is 23.7 Å². The number of pyridine rings is 2. The van der Waals surface area contributed by atoms with Gasteiger partial charge in [-0.1, -0.05) is 12.1 Å². The van der Waals surface area contributed by atoms with Crippen molar-refractivity contribution in [3.63, 3.8) is 0 Å². The highest BCUT2D eigenvalue weighted by Gasteiger charge is 2.08. The largest absolute Gasteiger partial charge is 1.00 e. The molecule has 0 aromatic carbocycles. The summed E-state index contributed by atoms with van der Waals surface area (Å²) >= 11 is 0. The molecular formula is C17H20ClN6O2+. The third-order valence-electron chi connectivity index (χ3n) is 3.00. The van der Waals surface area contributed by atoms with E-state index in [0.717, 1.165) is 0 Å². The molecule has 26 heavy (non-hydrogen) atoms. The summed E-state index contributed by atoms with van der Waals surface area (Å²) in [6, 6.07) is 11.1. The van der Waals surface area contributed by atoms with Crippen molar-refractivity contribution in [3.8, 4) is 0 Å². The minimum absolute atomic E-state index is 0. The number of nitrogens with one attached hydrogen (secondary N) is 2. The Labute approximate surface area is 157 Å². The lowest BCUT2D eigenvalue weighted by Gasteiger charge is -1.98. The Kier molecular flexibility index (Phi) is 9.19. The van der Waals surface area contributed by atoms with Gasteiger partial charge in [-0.2, -0.15) is 19.3 Å². The monoisotopic (exact) mass is 375 g/mol. The first kappa shape index (κ1) is 20.9. The molecule has 9 heteroatoms. The van der Waals surface area contributed by atoms with Gasteiger partial charge in [0.25, 0.3) is 0 Å². The van der Waals surface area contributed by atoms with Gasteiger partial charge in [-0.15, -0.1) is 0 Å². The fraction of sp³-hybridized carbons (Fsp3) is 0.176. The smallest absolute Gasteiger partial charge is 0.305 e. The van der Waals surface area contributed by atoms with Crippen LogP contribution in [0.25, 0.3) is 0 Å².